The number of alkyl halides is 1. The summed E-state index contributed by atoms with van der Waals surface area (Å²) in [6.45, 7) is 0.436. The lowest BCUT2D eigenvalue weighted by atomic mass is 10.2. The van der Waals surface area contributed by atoms with Gasteiger partial charge in [0.15, 0.2) is 0 Å². The highest BCUT2D eigenvalue weighted by Crippen LogP contribution is 2.16. The zero-order valence-corrected chi connectivity index (χ0v) is 8.28. The molecule has 0 aromatic heterocycles. The Kier molecular flexibility index (Phi) is 3.71. The van der Waals surface area contributed by atoms with E-state index in [1.54, 1.807) is 0 Å². The molecule has 0 aliphatic carbocycles. The molecule has 2 N–H and O–H groups in total. The second-order valence-electron chi connectivity index (χ2n) is 3.35. The average Bonchev–Trinajstić information content (AvgIpc) is 2.28. The number of halogens is 1. The number of hydrogen-bond donors (Lipinski definition) is 2. The fourth-order valence-corrected chi connectivity index (χ4v) is 1.72. The summed E-state index contributed by atoms with van der Waals surface area (Å²) in [5, 5.41) is 17.4. The maximum absolute atomic E-state index is 11.2. The molecule has 0 bridgehead atoms. The molecule has 1 aliphatic rings. The molecule has 1 heterocycles. The molecule has 1 rings (SSSR count). The van der Waals surface area contributed by atoms with Gasteiger partial charge in [0.05, 0.1) is 17.9 Å². The second-order valence-corrected chi connectivity index (χ2v) is 3.97. The molecule has 5 nitrogen and oxygen atoms in total. The molecule has 6 heteroatoms. The zero-order chi connectivity index (χ0) is 10.7. The summed E-state index contributed by atoms with van der Waals surface area (Å²) in [7, 11) is 0. The van der Waals surface area contributed by atoms with E-state index in [1.807, 2.05) is 0 Å². The minimum atomic E-state index is -1.08. The van der Waals surface area contributed by atoms with Crippen LogP contribution in [0.2, 0.25) is 0 Å². The van der Waals surface area contributed by atoms with E-state index in [2.05, 4.69) is 0 Å². The smallest absolute Gasteiger partial charge is 0.306 e. The number of amides is 1. The van der Waals surface area contributed by atoms with Crippen molar-refractivity contribution in [3.05, 3.63) is 0 Å². The van der Waals surface area contributed by atoms with Crippen LogP contribution in [0.25, 0.3) is 0 Å². The predicted molar refractivity (Wildman–Crippen MR) is 49.1 cm³/mol. The highest BCUT2D eigenvalue weighted by molar-refractivity contribution is 6.22. The molecule has 1 aliphatic heterocycles. The first-order chi connectivity index (χ1) is 6.49. The van der Waals surface area contributed by atoms with Gasteiger partial charge in [0.1, 0.15) is 0 Å². The van der Waals surface area contributed by atoms with Gasteiger partial charge < -0.3 is 15.1 Å². The van der Waals surface area contributed by atoms with E-state index < -0.39 is 12.1 Å². The number of carbonyl (C=O) groups excluding carboxylic acids is 1. The Balaban J connectivity index is 2.37. The number of aliphatic carboxylic acids is 1. The van der Waals surface area contributed by atoms with Gasteiger partial charge in [-0.15, -0.1) is 11.6 Å². The Hall–Kier alpha value is -0.810. The highest BCUT2D eigenvalue weighted by atomic mass is 35.5. The first-order valence-corrected chi connectivity index (χ1v) is 4.74. The van der Waals surface area contributed by atoms with Gasteiger partial charge >= 0.3 is 5.97 Å². The molecule has 2 atom stereocenters. The predicted octanol–water partition coefficient (Wildman–Crippen LogP) is -0.338. The molecular formula is C8H12ClNO4. The summed E-state index contributed by atoms with van der Waals surface area (Å²) in [6.07, 6.45) is -1.10. The number of β-amino-alcohol motifs (C(OH)–C–C–N with tert-alkyl or cyclic N) is 1. The molecule has 0 spiro atoms. The molecule has 1 amide bonds. The van der Waals surface area contributed by atoms with Gasteiger partial charge in [0.2, 0.25) is 5.91 Å². The molecule has 1 saturated heterocycles. The minimum absolute atomic E-state index is 0.0500. The normalized spacial score (nSPS) is 24.0. The Labute approximate surface area is 86.3 Å². The van der Waals surface area contributed by atoms with Crippen LogP contribution in [0, 0.1) is 0 Å². The number of hydrogen-bond acceptors (Lipinski definition) is 3. The van der Waals surface area contributed by atoms with E-state index in [9.17, 15) is 14.7 Å². The summed E-state index contributed by atoms with van der Waals surface area (Å²) >= 11 is 5.73. The van der Waals surface area contributed by atoms with Gasteiger partial charge in [-0.05, 0) is 0 Å². The number of nitrogens with zero attached hydrogens (tertiary/aromatic N) is 1. The van der Waals surface area contributed by atoms with Gasteiger partial charge in [0.25, 0.3) is 0 Å². The van der Waals surface area contributed by atoms with Gasteiger partial charge in [-0.3, -0.25) is 9.59 Å². The van der Waals surface area contributed by atoms with Gasteiger partial charge in [-0.1, -0.05) is 0 Å². The van der Waals surface area contributed by atoms with Crippen LogP contribution in [0.3, 0.4) is 0 Å². The van der Waals surface area contributed by atoms with Crippen molar-refractivity contribution < 1.29 is 19.8 Å². The lowest BCUT2D eigenvalue weighted by Crippen LogP contribution is -2.34. The second kappa shape index (κ2) is 4.61. The molecule has 0 aromatic rings. The third-order valence-electron chi connectivity index (χ3n) is 2.01. The fraction of sp³-hybridized carbons (Fsp3) is 0.750. The first-order valence-electron chi connectivity index (χ1n) is 4.30. The Morgan fingerprint density at radius 1 is 1.71 bits per heavy atom. The third-order valence-corrected chi connectivity index (χ3v) is 2.30. The van der Waals surface area contributed by atoms with Crippen molar-refractivity contribution in [3.63, 3.8) is 0 Å². The SMILES string of the molecule is O=C(O)CC(O)CN1CC(Cl)CC1=O. The Morgan fingerprint density at radius 3 is 2.79 bits per heavy atom. The van der Waals surface area contributed by atoms with Crippen LogP contribution < -0.4 is 0 Å². The summed E-state index contributed by atoms with van der Waals surface area (Å²) in [5.41, 5.74) is 0. The summed E-state index contributed by atoms with van der Waals surface area (Å²) < 4.78 is 0. The third kappa shape index (κ3) is 3.16. The minimum Gasteiger partial charge on any atom is -0.481 e. The molecule has 0 saturated carbocycles. The Bertz CT molecular complexity index is 245. The number of aliphatic hydroxyl groups excluding tert-OH is 1. The van der Waals surface area contributed by atoms with Crippen LogP contribution in [0.4, 0.5) is 0 Å². The molecule has 14 heavy (non-hydrogen) atoms. The van der Waals surface area contributed by atoms with Crippen LogP contribution in [0.5, 0.6) is 0 Å². The summed E-state index contributed by atoms with van der Waals surface area (Å²) in [6, 6.07) is 0. The van der Waals surface area contributed by atoms with E-state index in [1.165, 1.54) is 4.90 Å². The van der Waals surface area contributed by atoms with Crippen LogP contribution in [0.15, 0.2) is 0 Å². The Morgan fingerprint density at radius 2 is 2.36 bits per heavy atom. The number of carbonyl (C=O) groups is 2. The van der Waals surface area contributed by atoms with Crippen molar-refractivity contribution >= 4 is 23.5 Å². The number of rotatable bonds is 4. The summed E-state index contributed by atoms with van der Waals surface area (Å²) in [5.74, 6) is -1.21. The van der Waals surface area contributed by atoms with E-state index in [-0.39, 0.29) is 30.7 Å². The van der Waals surface area contributed by atoms with Gasteiger partial charge in [-0.2, -0.15) is 0 Å². The quantitative estimate of drug-likeness (QED) is 0.637. The number of aliphatic hydroxyl groups is 1. The van der Waals surface area contributed by atoms with E-state index in [0.717, 1.165) is 0 Å². The zero-order valence-electron chi connectivity index (χ0n) is 7.52. The van der Waals surface area contributed by atoms with Crippen molar-refractivity contribution in [1.82, 2.24) is 4.90 Å². The number of carboxylic acid groups (broad SMARTS) is 1. The summed E-state index contributed by atoms with van der Waals surface area (Å²) in [4.78, 5) is 22.8. The lowest BCUT2D eigenvalue weighted by molar-refractivity contribution is -0.140. The molecule has 80 valence electrons. The van der Waals surface area contributed by atoms with E-state index >= 15 is 0 Å². The van der Waals surface area contributed by atoms with Crippen molar-refractivity contribution in [3.8, 4) is 0 Å². The maximum atomic E-state index is 11.2. The van der Waals surface area contributed by atoms with Crippen LogP contribution in [-0.2, 0) is 9.59 Å². The monoisotopic (exact) mass is 221 g/mol. The highest BCUT2D eigenvalue weighted by Gasteiger charge is 2.29. The number of likely N-dealkylation sites (tertiary alicyclic amines) is 1. The van der Waals surface area contributed by atoms with Gasteiger partial charge in [-0.25, -0.2) is 0 Å². The van der Waals surface area contributed by atoms with Crippen LogP contribution in [0.1, 0.15) is 12.8 Å². The van der Waals surface area contributed by atoms with Crippen molar-refractivity contribution in [2.75, 3.05) is 13.1 Å². The fourth-order valence-electron chi connectivity index (χ4n) is 1.42. The standard InChI is InChI=1S/C8H12ClNO4/c9-5-1-7(12)10(3-5)4-6(11)2-8(13)14/h5-6,11H,1-4H2,(H,13,14). The van der Waals surface area contributed by atoms with Crippen molar-refractivity contribution in [2.24, 2.45) is 0 Å². The molecular weight excluding hydrogens is 210 g/mol. The molecule has 1 fully saturated rings. The van der Waals surface area contributed by atoms with Gasteiger partial charge in [0, 0.05) is 19.5 Å². The van der Waals surface area contributed by atoms with Crippen LogP contribution in [-0.4, -0.2) is 51.6 Å². The average molecular weight is 222 g/mol. The largest absolute Gasteiger partial charge is 0.481 e. The van der Waals surface area contributed by atoms with E-state index in [0.29, 0.717) is 6.54 Å². The van der Waals surface area contributed by atoms with Crippen molar-refractivity contribution in [1.29, 1.82) is 0 Å². The van der Waals surface area contributed by atoms with Crippen LogP contribution >= 0.6 is 11.6 Å². The maximum Gasteiger partial charge on any atom is 0.306 e. The lowest BCUT2D eigenvalue weighted by Gasteiger charge is -2.18. The number of carboxylic acids is 1. The first kappa shape index (κ1) is 11.3. The molecule has 0 aromatic carbocycles. The topological polar surface area (TPSA) is 77.8 Å². The van der Waals surface area contributed by atoms with E-state index in [4.69, 9.17) is 16.7 Å². The van der Waals surface area contributed by atoms with Crippen molar-refractivity contribution in [2.45, 2.75) is 24.3 Å². The molecule has 0 radical (unpaired) electrons. The molecule has 2 unspecified atom stereocenters.